The fourth-order valence-electron chi connectivity index (χ4n) is 2.30. The van der Waals surface area contributed by atoms with Crippen molar-refractivity contribution in [2.24, 2.45) is 0 Å². The number of rotatable bonds is 10. The predicted octanol–water partition coefficient (Wildman–Crippen LogP) is 3.76. The molecule has 1 aromatic rings. The van der Waals surface area contributed by atoms with Gasteiger partial charge in [-0.3, -0.25) is 4.79 Å². The van der Waals surface area contributed by atoms with Crippen molar-refractivity contribution in [2.45, 2.75) is 51.9 Å². The molecule has 1 amide bonds. The summed E-state index contributed by atoms with van der Waals surface area (Å²) in [7, 11) is 0. The largest absolute Gasteiger partial charge is 0.395 e. The molecule has 0 bridgehead atoms. The van der Waals surface area contributed by atoms with E-state index in [0.29, 0.717) is 13.0 Å². The van der Waals surface area contributed by atoms with Crippen LogP contribution in [0.2, 0.25) is 0 Å². The molecule has 3 heteroatoms. The Labute approximate surface area is 122 Å². The van der Waals surface area contributed by atoms with Gasteiger partial charge in [-0.25, -0.2) is 0 Å². The second kappa shape index (κ2) is 10.4. The molecule has 1 aromatic carbocycles. The SMILES string of the molecule is CCCCCCCCC(=O)N(CCO)c1ccccc1. The Bertz CT molecular complexity index is 365. The van der Waals surface area contributed by atoms with Crippen molar-refractivity contribution in [1.29, 1.82) is 0 Å². The normalized spacial score (nSPS) is 10.5. The van der Waals surface area contributed by atoms with Crippen LogP contribution in [0.5, 0.6) is 0 Å². The molecule has 0 saturated carbocycles. The van der Waals surface area contributed by atoms with Crippen LogP contribution < -0.4 is 4.90 Å². The quantitative estimate of drug-likeness (QED) is 0.661. The lowest BCUT2D eigenvalue weighted by molar-refractivity contribution is -0.118. The number of aliphatic hydroxyl groups is 1. The van der Waals surface area contributed by atoms with Crippen LogP contribution in [0.15, 0.2) is 30.3 Å². The number of carbonyl (C=O) groups excluding carboxylic acids is 1. The highest BCUT2D eigenvalue weighted by molar-refractivity contribution is 5.93. The summed E-state index contributed by atoms with van der Waals surface area (Å²) in [5.41, 5.74) is 0.873. The molecule has 0 unspecified atom stereocenters. The van der Waals surface area contributed by atoms with Gasteiger partial charge >= 0.3 is 0 Å². The third-order valence-corrected chi connectivity index (χ3v) is 3.44. The minimum atomic E-state index is -0.00284. The van der Waals surface area contributed by atoms with Crippen LogP contribution in [-0.4, -0.2) is 24.2 Å². The molecular weight excluding hydrogens is 250 g/mol. The number of unbranched alkanes of at least 4 members (excludes halogenated alkanes) is 5. The first-order valence-corrected chi connectivity index (χ1v) is 7.76. The molecule has 3 nitrogen and oxygen atoms in total. The summed E-state index contributed by atoms with van der Waals surface area (Å²) in [6.07, 6.45) is 7.65. The maximum atomic E-state index is 12.2. The molecule has 0 saturated heterocycles. The molecule has 0 aromatic heterocycles. The van der Waals surface area contributed by atoms with E-state index in [1.54, 1.807) is 4.90 Å². The van der Waals surface area contributed by atoms with Gasteiger partial charge in [-0.05, 0) is 18.6 Å². The molecule has 0 atom stereocenters. The number of benzene rings is 1. The molecule has 112 valence electrons. The Hall–Kier alpha value is -1.35. The van der Waals surface area contributed by atoms with E-state index in [4.69, 9.17) is 5.11 Å². The van der Waals surface area contributed by atoms with Gasteiger partial charge in [-0.15, -0.1) is 0 Å². The van der Waals surface area contributed by atoms with E-state index in [0.717, 1.165) is 18.5 Å². The average Bonchev–Trinajstić information content (AvgIpc) is 2.49. The highest BCUT2D eigenvalue weighted by atomic mass is 16.3. The molecule has 1 rings (SSSR count). The summed E-state index contributed by atoms with van der Waals surface area (Å²) in [5.74, 6) is 0.112. The first-order valence-electron chi connectivity index (χ1n) is 7.76. The predicted molar refractivity (Wildman–Crippen MR) is 83.9 cm³/mol. The van der Waals surface area contributed by atoms with Crippen molar-refractivity contribution in [3.8, 4) is 0 Å². The number of nitrogens with zero attached hydrogens (tertiary/aromatic N) is 1. The Kier molecular flexibility index (Phi) is 8.72. The molecule has 0 radical (unpaired) electrons. The Morgan fingerprint density at radius 2 is 1.70 bits per heavy atom. The summed E-state index contributed by atoms with van der Waals surface area (Å²) in [5, 5.41) is 9.12. The first kappa shape index (κ1) is 16.7. The van der Waals surface area contributed by atoms with E-state index >= 15 is 0 Å². The summed E-state index contributed by atoms with van der Waals surface area (Å²) >= 11 is 0. The number of hydrogen-bond acceptors (Lipinski definition) is 2. The molecule has 0 aliphatic rings. The van der Waals surface area contributed by atoms with Gasteiger partial charge < -0.3 is 10.0 Å². The standard InChI is InChI=1S/C17H27NO2/c1-2-3-4-5-6-10-13-17(20)18(14-15-19)16-11-8-7-9-12-16/h7-9,11-12,19H,2-6,10,13-15H2,1H3. The fourth-order valence-corrected chi connectivity index (χ4v) is 2.30. The summed E-state index contributed by atoms with van der Waals surface area (Å²) in [6.45, 7) is 2.58. The molecule has 0 heterocycles. The zero-order valence-corrected chi connectivity index (χ0v) is 12.6. The molecule has 1 N–H and O–H groups in total. The van der Waals surface area contributed by atoms with E-state index in [-0.39, 0.29) is 12.5 Å². The van der Waals surface area contributed by atoms with E-state index < -0.39 is 0 Å². The molecule has 0 spiro atoms. The van der Waals surface area contributed by atoms with Crippen molar-refractivity contribution < 1.29 is 9.90 Å². The molecule has 0 fully saturated rings. The first-order chi connectivity index (χ1) is 9.79. The zero-order valence-electron chi connectivity index (χ0n) is 12.6. The lowest BCUT2D eigenvalue weighted by Crippen LogP contribution is -2.33. The van der Waals surface area contributed by atoms with E-state index in [1.165, 1.54) is 25.7 Å². The van der Waals surface area contributed by atoms with E-state index in [2.05, 4.69) is 6.92 Å². The van der Waals surface area contributed by atoms with Crippen molar-refractivity contribution in [3.63, 3.8) is 0 Å². The minimum absolute atomic E-state index is 0.00284. The van der Waals surface area contributed by atoms with Crippen LogP contribution >= 0.6 is 0 Å². The highest BCUT2D eigenvalue weighted by Gasteiger charge is 2.14. The molecule has 20 heavy (non-hydrogen) atoms. The van der Waals surface area contributed by atoms with E-state index in [9.17, 15) is 4.79 Å². The van der Waals surface area contributed by atoms with Crippen molar-refractivity contribution >= 4 is 11.6 Å². The number of aliphatic hydroxyl groups excluding tert-OH is 1. The smallest absolute Gasteiger partial charge is 0.227 e. The second-order valence-electron chi connectivity index (χ2n) is 5.12. The number of hydrogen-bond donors (Lipinski definition) is 1. The van der Waals surface area contributed by atoms with Crippen LogP contribution in [0.25, 0.3) is 0 Å². The van der Waals surface area contributed by atoms with Gasteiger partial charge in [0, 0.05) is 18.7 Å². The van der Waals surface area contributed by atoms with Gasteiger partial charge in [0.1, 0.15) is 0 Å². The number of carbonyl (C=O) groups is 1. The lowest BCUT2D eigenvalue weighted by Gasteiger charge is -2.21. The lowest BCUT2D eigenvalue weighted by atomic mass is 10.1. The topological polar surface area (TPSA) is 40.5 Å². The Morgan fingerprint density at radius 3 is 2.35 bits per heavy atom. The van der Waals surface area contributed by atoms with Gasteiger partial charge in [-0.2, -0.15) is 0 Å². The molecular formula is C17H27NO2. The second-order valence-corrected chi connectivity index (χ2v) is 5.12. The Morgan fingerprint density at radius 1 is 1.05 bits per heavy atom. The van der Waals surface area contributed by atoms with Gasteiger partial charge in [0.25, 0.3) is 0 Å². The van der Waals surface area contributed by atoms with Crippen LogP contribution in [0.3, 0.4) is 0 Å². The zero-order chi connectivity index (χ0) is 14.6. The van der Waals surface area contributed by atoms with Crippen LogP contribution in [-0.2, 0) is 4.79 Å². The highest BCUT2D eigenvalue weighted by Crippen LogP contribution is 2.16. The number of para-hydroxylation sites is 1. The van der Waals surface area contributed by atoms with Gasteiger partial charge in [0.2, 0.25) is 5.91 Å². The number of anilines is 1. The molecule has 0 aliphatic carbocycles. The maximum Gasteiger partial charge on any atom is 0.227 e. The Balaban J connectivity index is 2.37. The van der Waals surface area contributed by atoms with Crippen molar-refractivity contribution in [3.05, 3.63) is 30.3 Å². The fraction of sp³-hybridized carbons (Fsp3) is 0.588. The van der Waals surface area contributed by atoms with Crippen LogP contribution in [0.4, 0.5) is 5.69 Å². The van der Waals surface area contributed by atoms with Crippen LogP contribution in [0, 0.1) is 0 Å². The summed E-state index contributed by atoms with van der Waals surface area (Å²) in [4.78, 5) is 13.9. The van der Waals surface area contributed by atoms with Crippen LogP contribution in [0.1, 0.15) is 51.9 Å². The monoisotopic (exact) mass is 277 g/mol. The third kappa shape index (κ3) is 6.20. The average molecular weight is 277 g/mol. The van der Waals surface area contributed by atoms with Gasteiger partial charge in [0.05, 0.1) is 6.61 Å². The van der Waals surface area contributed by atoms with Crippen molar-refractivity contribution in [2.75, 3.05) is 18.1 Å². The number of amides is 1. The van der Waals surface area contributed by atoms with Gasteiger partial charge in [0.15, 0.2) is 0 Å². The molecule has 0 aliphatic heterocycles. The third-order valence-electron chi connectivity index (χ3n) is 3.44. The summed E-state index contributed by atoms with van der Waals surface area (Å²) in [6, 6.07) is 9.58. The summed E-state index contributed by atoms with van der Waals surface area (Å²) < 4.78 is 0. The van der Waals surface area contributed by atoms with E-state index in [1.807, 2.05) is 30.3 Å². The minimum Gasteiger partial charge on any atom is -0.395 e. The maximum absolute atomic E-state index is 12.2. The van der Waals surface area contributed by atoms with Gasteiger partial charge in [-0.1, -0.05) is 57.2 Å². The van der Waals surface area contributed by atoms with Crippen molar-refractivity contribution in [1.82, 2.24) is 0 Å².